The zero-order valence-electron chi connectivity index (χ0n) is 8.17. The molecule has 0 aliphatic heterocycles. The molecule has 6 heteroatoms. The second-order valence-electron chi connectivity index (χ2n) is 3.05. The van der Waals surface area contributed by atoms with Crippen molar-refractivity contribution in [2.45, 2.75) is 19.1 Å². The van der Waals surface area contributed by atoms with E-state index >= 15 is 0 Å². The molecule has 0 amide bonds. The summed E-state index contributed by atoms with van der Waals surface area (Å²) in [5.74, 6) is -0.0308. The highest BCUT2D eigenvalue weighted by Gasteiger charge is 2.16. The van der Waals surface area contributed by atoms with Gasteiger partial charge in [-0.2, -0.15) is 8.78 Å². The van der Waals surface area contributed by atoms with Crippen LogP contribution in [0.2, 0.25) is 5.02 Å². The monoisotopic (exact) mass is 362 g/mol. The molecule has 16 heavy (non-hydrogen) atoms. The summed E-state index contributed by atoms with van der Waals surface area (Å²) in [6.07, 6.45) is -0.384. The van der Waals surface area contributed by atoms with E-state index in [0.29, 0.717) is 21.4 Å². The van der Waals surface area contributed by atoms with Crippen LogP contribution in [0, 0.1) is 0 Å². The molecule has 0 heterocycles. The standard InChI is InChI=1S/C10H10ClF2IO2/c11-6-1-2-9(16-10(12)13)7(5-6)8(15)3-4-14/h1-2,5,8,10,15H,3-4H2/t8-/m1/s1. The van der Waals surface area contributed by atoms with Crippen LogP contribution in [-0.2, 0) is 0 Å². The van der Waals surface area contributed by atoms with Gasteiger partial charge in [-0.1, -0.05) is 34.2 Å². The van der Waals surface area contributed by atoms with E-state index in [2.05, 4.69) is 27.3 Å². The lowest BCUT2D eigenvalue weighted by molar-refractivity contribution is -0.0515. The Hall–Kier alpha value is -0.140. The third-order valence-electron chi connectivity index (χ3n) is 1.93. The Balaban J connectivity index is 2.97. The molecule has 0 bridgehead atoms. The fraction of sp³-hybridized carbons (Fsp3) is 0.400. The van der Waals surface area contributed by atoms with Crippen LogP contribution in [0.4, 0.5) is 8.78 Å². The van der Waals surface area contributed by atoms with Gasteiger partial charge in [-0.05, 0) is 24.6 Å². The molecule has 90 valence electrons. The average molecular weight is 363 g/mol. The van der Waals surface area contributed by atoms with Crippen molar-refractivity contribution in [2.75, 3.05) is 4.43 Å². The van der Waals surface area contributed by atoms with Gasteiger partial charge < -0.3 is 9.84 Å². The predicted molar refractivity (Wildman–Crippen MR) is 66.5 cm³/mol. The van der Waals surface area contributed by atoms with E-state index in [4.69, 9.17) is 11.6 Å². The molecule has 1 rings (SSSR count). The first-order valence-electron chi connectivity index (χ1n) is 4.53. The van der Waals surface area contributed by atoms with Gasteiger partial charge in [0.15, 0.2) is 0 Å². The average Bonchev–Trinajstić information content (AvgIpc) is 2.20. The third kappa shape index (κ3) is 4.03. The van der Waals surface area contributed by atoms with Gasteiger partial charge in [-0.3, -0.25) is 0 Å². The highest BCUT2D eigenvalue weighted by atomic mass is 127. The summed E-state index contributed by atoms with van der Waals surface area (Å²) in [5, 5.41) is 10.1. The molecule has 0 radical (unpaired) electrons. The van der Waals surface area contributed by atoms with E-state index in [1.165, 1.54) is 18.2 Å². The Morgan fingerprint density at radius 2 is 2.12 bits per heavy atom. The number of hydrogen-bond donors (Lipinski definition) is 1. The zero-order valence-corrected chi connectivity index (χ0v) is 11.1. The molecule has 2 nitrogen and oxygen atoms in total. The molecule has 1 aromatic carbocycles. The van der Waals surface area contributed by atoms with Gasteiger partial charge in [0.1, 0.15) is 5.75 Å². The smallest absolute Gasteiger partial charge is 0.387 e. The Morgan fingerprint density at radius 1 is 1.44 bits per heavy atom. The first kappa shape index (κ1) is 13.9. The van der Waals surface area contributed by atoms with Gasteiger partial charge >= 0.3 is 6.61 Å². The Kier molecular flexibility index (Phi) is 5.71. The maximum Gasteiger partial charge on any atom is 0.387 e. The second kappa shape index (κ2) is 6.56. The second-order valence-corrected chi connectivity index (χ2v) is 4.57. The van der Waals surface area contributed by atoms with Crippen LogP contribution in [0.1, 0.15) is 18.1 Å². The molecule has 1 atom stereocenters. The molecule has 0 aliphatic carbocycles. The highest BCUT2D eigenvalue weighted by molar-refractivity contribution is 14.1. The van der Waals surface area contributed by atoms with Crippen LogP contribution >= 0.6 is 34.2 Å². The Labute approximate surface area is 111 Å². The van der Waals surface area contributed by atoms with Crippen LogP contribution in [0.25, 0.3) is 0 Å². The van der Waals surface area contributed by atoms with Crippen molar-refractivity contribution in [1.29, 1.82) is 0 Å². The Morgan fingerprint density at radius 3 is 2.69 bits per heavy atom. The lowest BCUT2D eigenvalue weighted by atomic mass is 10.1. The van der Waals surface area contributed by atoms with Crippen molar-refractivity contribution in [2.24, 2.45) is 0 Å². The van der Waals surface area contributed by atoms with Crippen LogP contribution in [0.3, 0.4) is 0 Å². The van der Waals surface area contributed by atoms with Crippen molar-refractivity contribution >= 4 is 34.2 Å². The normalized spacial score (nSPS) is 12.9. The summed E-state index contributed by atoms with van der Waals surface area (Å²) in [7, 11) is 0. The number of benzene rings is 1. The molecule has 0 spiro atoms. The predicted octanol–water partition coefficient (Wildman–Crippen LogP) is 3.80. The van der Waals surface area contributed by atoms with Gasteiger partial charge in [-0.15, -0.1) is 0 Å². The molecule has 0 saturated heterocycles. The number of rotatable bonds is 5. The van der Waals surface area contributed by atoms with Crippen molar-refractivity contribution in [3.63, 3.8) is 0 Å². The molecule has 0 unspecified atom stereocenters. The lowest BCUT2D eigenvalue weighted by Gasteiger charge is -2.15. The van der Waals surface area contributed by atoms with Crippen LogP contribution < -0.4 is 4.74 Å². The van der Waals surface area contributed by atoms with Crippen LogP contribution in [0.5, 0.6) is 5.75 Å². The first-order chi connectivity index (χ1) is 7.54. The summed E-state index contributed by atoms with van der Waals surface area (Å²) >= 11 is 7.83. The van der Waals surface area contributed by atoms with Crippen LogP contribution in [-0.4, -0.2) is 16.1 Å². The van der Waals surface area contributed by atoms with Crippen molar-refractivity contribution in [1.82, 2.24) is 0 Å². The quantitative estimate of drug-likeness (QED) is 0.638. The molecular weight excluding hydrogens is 352 g/mol. The number of hydrogen-bond acceptors (Lipinski definition) is 2. The maximum absolute atomic E-state index is 12.1. The fourth-order valence-corrected chi connectivity index (χ4v) is 2.01. The molecule has 0 fully saturated rings. The first-order valence-corrected chi connectivity index (χ1v) is 6.43. The largest absolute Gasteiger partial charge is 0.434 e. The SMILES string of the molecule is O[C@H](CCI)c1cc(Cl)ccc1OC(F)F. The number of alkyl halides is 3. The minimum Gasteiger partial charge on any atom is -0.434 e. The van der Waals surface area contributed by atoms with E-state index in [1.54, 1.807) is 0 Å². The van der Waals surface area contributed by atoms with E-state index in [-0.39, 0.29) is 5.75 Å². The highest BCUT2D eigenvalue weighted by Crippen LogP contribution is 2.31. The summed E-state index contributed by atoms with van der Waals surface area (Å²) < 4.78 is 29.2. The molecule has 0 aromatic heterocycles. The number of aliphatic hydroxyl groups excluding tert-OH is 1. The lowest BCUT2D eigenvalue weighted by Crippen LogP contribution is -2.07. The number of halogens is 4. The van der Waals surface area contributed by atoms with Gasteiger partial charge in [0.25, 0.3) is 0 Å². The van der Waals surface area contributed by atoms with E-state index in [1.807, 2.05) is 0 Å². The minimum atomic E-state index is -2.91. The van der Waals surface area contributed by atoms with E-state index < -0.39 is 12.7 Å². The van der Waals surface area contributed by atoms with Crippen molar-refractivity contribution in [3.8, 4) is 5.75 Å². The van der Waals surface area contributed by atoms with Gasteiger partial charge in [0.2, 0.25) is 0 Å². The summed E-state index contributed by atoms with van der Waals surface area (Å²) in [5.41, 5.74) is 0.296. The Bertz CT molecular complexity index is 350. The van der Waals surface area contributed by atoms with E-state index in [0.717, 1.165) is 0 Å². The van der Waals surface area contributed by atoms with Gasteiger partial charge in [0, 0.05) is 15.0 Å². The fourth-order valence-electron chi connectivity index (χ4n) is 1.24. The van der Waals surface area contributed by atoms with Crippen molar-refractivity contribution in [3.05, 3.63) is 28.8 Å². The summed E-state index contributed by atoms with van der Waals surface area (Å²) in [4.78, 5) is 0. The number of aliphatic hydroxyl groups is 1. The molecule has 1 N–H and O–H groups in total. The molecule has 0 aliphatic rings. The summed E-state index contributed by atoms with van der Waals surface area (Å²) in [6, 6.07) is 4.22. The van der Waals surface area contributed by atoms with Gasteiger partial charge in [-0.25, -0.2) is 0 Å². The molecular formula is C10H10ClF2IO2. The zero-order chi connectivity index (χ0) is 12.1. The molecule has 0 saturated carbocycles. The van der Waals surface area contributed by atoms with E-state index in [9.17, 15) is 13.9 Å². The number of ether oxygens (including phenoxy) is 1. The third-order valence-corrected chi connectivity index (χ3v) is 2.79. The van der Waals surface area contributed by atoms with Crippen LogP contribution in [0.15, 0.2) is 18.2 Å². The maximum atomic E-state index is 12.1. The molecule has 1 aromatic rings. The summed E-state index contributed by atoms with van der Waals surface area (Å²) in [6.45, 7) is -2.91. The van der Waals surface area contributed by atoms with Gasteiger partial charge in [0.05, 0.1) is 6.10 Å². The minimum absolute atomic E-state index is 0.0308. The van der Waals surface area contributed by atoms with Crippen molar-refractivity contribution < 1.29 is 18.6 Å². The topological polar surface area (TPSA) is 29.5 Å².